The minimum absolute atomic E-state index is 0.235. The van der Waals surface area contributed by atoms with Gasteiger partial charge in [-0.15, -0.1) is 11.3 Å². The molecule has 3 aromatic rings. The highest BCUT2D eigenvalue weighted by Crippen LogP contribution is 2.28. The summed E-state index contributed by atoms with van der Waals surface area (Å²) in [6.45, 7) is 1.67. The van der Waals surface area contributed by atoms with Gasteiger partial charge in [0.25, 0.3) is 5.91 Å². The number of carboxylic acid groups (broad SMARTS) is 1. The van der Waals surface area contributed by atoms with E-state index in [1.807, 2.05) is 0 Å². The van der Waals surface area contributed by atoms with Gasteiger partial charge in [-0.1, -0.05) is 0 Å². The van der Waals surface area contributed by atoms with E-state index in [0.717, 1.165) is 16.9 Å². The van der Waals surface area contributed by atoms with Gasteiger partial charge in [0, 0.05) is 23.6 Å². The van der Waals surface area contributed by atoms with Gasteiger partial charge in [0.05, 0.1) is 11.3 Å². The van der Waals surface area contributed by atoms with Gasteiger partial charge in [-0.2, -0.15) is 0 Å². The van der Waals surface area contributed by atoms with Crippen molar-refractivity contribution in [2.75, 3.05) is 5.32 Å². The molecule has 1 aromatic carbocycles. The molecule has 0 aliphatic carbocycles. The summed E-state index contributed by atoms with van der Waals surface area (Å²) in [4.78, 5) is 31.6. The number of aromatic nitrogens is 2. The van der Waals surface area contributed by atoms with Gasteiger partial charge in [-0.05, 0) is 43.3 Å². The van der Waals surface area contributed by atoms with Crippen molar-refractivity contribution < 1.29 is 14.7 Å². The monoisotopic (exact) mass is 339 g/mol. The molecule has 3 rings (SSSR count). The molecule has 6 nitrogen and oxygen atoms in total. The van der Waals surface area contributed by atoms with Crippen molar-refractivity contribution in [3.05, 3.63) is 64.9 Å². The molecule has 2 N–H and O–H groups in total. The molecule has 0 atom stereocenters. The molecule has 0 saturated carbocycles. The maximum absolute atomic E-state index is 12.1. The first-order valence-corrected chi connectivity index (χ1v) is 7.89. The minimum Gasteiger partial charge on any atom is -0.477 e. The van der Waals surface area contributed by atoms with Gasteiger partial charge < -0.3 is 10.4 Å². The Bertz CT molecular complexity index is 889. The van der Waals surface area contributed by atoms with Crippen molar-refractivity contribution in [3.8, 4) is 10.6 Å². The number of carbonyl (C=O) groups excluding carboxylic acids is 1. The molecule has 0 fully saturated rings. The highest BCUT2D eigenvalue weighted by Gasteiger charge is 2.15. The second kappa shape index (κ2) is 6.59. The summed E-state index contributed by atoms with van der Waals surface area (Å²) in [6.07, 6.45) is 3.10. The average molecular weight is 339 g/mol. The number of hydrogen-bond acceptors (Lipinski definition) is 5. The van der Waals surface area contributed by atoms with Crippen molar-refractivity contribution in [3.63, 3.8) is 0 Å². The number of pyridine rings is 1. The van der Waals surface area contributed by atoms with Crippen molar-refractivity contribution in [2.24, 2.45) is 0 Å². The Hall–Kier alpha value is -3.06. The van der Waals surface area contributed by atoms with Gasteiger partial charge in [0.2, 0.25) is 0 Å². The summed E-state index contributed by atoms with van der Waals surface area (Å²) in [5.74, 6) is -1.22. The highest BCUT2D eigenvalue weighted by molar-refractivity contribution is 7.17. The molecule has 0 saturated heterocycles. The number of rotatable bonds is 4. The number of carbonyl (C=O) groups is 2. The van der Waals surface area contributed by atoms with Crippen LogP contribution in [0, 0.1) is 6.92 Å². The van der Waals surface area contributed by atoms with Gasteiger partial charge in [-0.3, -0.25) is 9.78 Å². The molecule has 1 amide bonds. The average Bonchev–Trinajstić information content (AvgIpc) is 2.98. The summed E-state index contributed by atoms with van der Waals surface area (Å²) in [5.41, 5.74) is 2.41. The number of amides is 1. The Balaban J connectivity index is 1.77. The van der Waals surface area contributed by atoms with Gasteiger partial charge >= 0.3 is 5.97 Å². The quantitative estimate of drug-likeness (QED) is 0.759. The summed E-state index contributed by atoms with van der Waals surface area (Å²) in [6, 6.07) is 10.5. The fourth-order valence-electron chi connectivity index (χ4n) is 2.11. The Morgan fingerprint density at radius 3 is 2.50 bits per heavy atom. The zero-order chi connectivity index (χ0) is 17.1. The van der Waals surface area contributed by atoms with Crippen LogP contribution in [0.4, 0.5) is 5.69 Å². The Labute approximate surface area is 141 Å². The molecule has 0 radical (unpaired) electrons. The number of nitrogens with zero attached hydrogens (tertiary/aromatic N) is 2. The fraction of sp³-hybridized carbons (Fsp3) is 0.0588. The maximum atomic E-state index is 12.1. The van der Waals surface area contributed by atoms with Crippen LogP contribution in [0.5, 0.6) is 0 Å². The topological polar surface area (TPSA) is 92.2 Å². The van der Waals surface area contributed by atoms with E-state index < -0.39 is 5.97 Å². The summed E-state index contributed by atoms with van der Waals surface area (Å²) >= 11 is 1.13. The van der Waals surface area contributed by atoms with E-state index >= 15 is 0 Å². The second-order valence-electron chi connectivity index (χ2n) is 5.01. The highest BCUT2D eigenvalue weighted by atomic mass is 32.1. The van der Waals surface area contributed by atoms with Crippen molar-refractivity contribution in [1.29, 1.82) is 0 Å². The lowest BCUT2D eigenvalue weighted by Gasteiger charge is -2.05. The van der Waals surface area contributed by atoms with Crippen molar-refractivity contribution in [1.82, 2.24) is 9.97 Å². The molecular weight excluding hydrogens is 326 g/mol. The SMILES string of the molecule is Cc1nc(-c2ccc(NC(=O)c3cccnc3)cc2)sc1C(=O)O. The van der Waals surface area contributed by atoms with Crippen LogP contribution in [-0.4, -0.2) is 27.0 Å². The van der Waals surface area contributed by atoms with Crippen LogP contribution < -0.4 is 5.32 Å². The normalized spacial score (nSPS) is 10.4. The number of aromatic carboxylic acids is 1. The summed E-state index contributed by atoms with van der Waals surface area (Å²) < 4.78 is 0. The molecule has 0 bridgehead atoms. The first-order chi connectivity index (χ1) is 11.5. The number of thiazole rings is 1. The van der Waals surface area contributed by atoms with Crippen molar-refractivity contribution >= 4 is 28.9 Å². The molecule has 0 aliphatic rings. The predicted molar refractivity (Wildman–Crippen MR) is 91.4 cm³/mol. The largest absolute Gasteiger partial charge is 0.477 e. The number of carboxylic acids is 1. The molecule has 2 aromatic heterocycles. The van der Waals surface area contributed by atoms with E-state index in [1.165, 1.54) is 6.20 Å². The van der Waals surface area contributed by atoms with Crippen LogP contribution >= 0.6 is 11.3 Å². The minimum atomic E-state index is -0.975. The van der Waals surface area contributed by atoms with Gasteiger partial charge in [0.15, 0.2) is 0 Å². The standard InChI is InChI=1S/C17H13N3O3S/c1-10-14(17(22)23)24-16(19-10)11-4-6-13(7-5-11)20-15(21)12-3-2-8-18-9-12/h2-9H,1H3,(H,20,21)(H,22,23). The summed E-state index contributed by atoms with van der Waals surface area (Å²) in [7, 11) is 0. The van der Waals surface area contributed by atoms with E-state index in [9.17, 15) is 9.59 Å². The number of nitrogens with one attached hydrogen (secondary N) is 1. The molecule has 0 unspecified atom stereocenters. The number of anilines is 1. The van der Waals surface area contributed by atoms with Crippen LogP contribution in [0.25, 0.3) is 10.6 Å². The van der Waals surface area contributed by atoms with Crippen LogP contribution in [0.15, 0.2) is 48.8 Å². The van der Waals surface area contributed by atoms with Gasteiger partial charge in [0.1, 0.15) is 9.88 Å². The molecule has 2 heterocycles. The smallest absolute Gasteiger partial charge is 0.347 e. The van der Waals surface area contributed by atoms with Crippen LogP contribution in [0.1, 0.15) is 25.7 Å². The van der Waals surface area contributed by atoms with Gasteiger partial charge in [-0.25, -0.2) is 9.78 Å². The second-order valence-corrected chi connectivity index (χ2v) is 6.01. The maximum Gasteiger partial charge on any atom is 0.347 e. The molecule has 24 heavy (non-hydrogen) atoms. The van der Waals surface area contributed by atoms with E-state index in [4.69, 9.17) is 5.11 Å². The van der Waals surface area contributed by atoms with E-state index in [2.05, 4.69) is 15.3 Å². The zero-order valence-corrected chi connectivity index (χ0v) is 13.5. The molecule has 0 aliphatic heterocycles. The number of hydrogen-bond donors (Lipinski definition) is 2. The number of benzene rings is 1. The van der Waals surface area contributed by atoms with Crippen LogP contribution in [0.2, 0.25) is 0 Å². The number of aryl methyl sites for hydroxylation is 1. The third kappa shape index (κ3) is 3.31. The third-order valence-corrected chi connectivity index (χ3v) is 4.50. The fourth-order valence-corrected chi connectivity index (χ4v) is 3.03. The molecule has 120 valence electrons. The van der Waals surface area contributed by atoms with E-state index in [1.54, 1.807) is 49.5 Å². The lowest BCUT2D eigenvalue weighted by Crippen LogP contribution is -2.11. The van der Waals surface area contributed by atoms with Crippen LogP contribution in [-0.2, 0) is 0 Å². The Kier molecular flexibility index (Phi) is 4.35. The molecule has 7 heteroatoms. The van der Waals surface area contributed by atoms with Crippen LogP contribution in [0.3, 0.4) is 0 Å². The zero-order valence-electron chi connectivity index (χ0n) is 12.7. The third-order valence-electron chi connectivity index (χ3n) is 3.30. The van der Waals surface area contributed by atoms with Crippen molar-refractivity contribution in [2.45, 2.75) is 6.92 Å². The lowest BCUT2D eigenvalue weighted by atomic mass is 10.2. The Morgan fingerprint density at radius 2 is 1.92 bits per heavy atom. The molecular formula is C17H13N3O3S. The Morgan fingerprint density at radius 1 is 1.17 bits per heavy atom. The van der Waals surface area contributed by atoms with E-state index in [-0.39, 0.29) is 10.8 Å². The first-order valence-electron chi connectivity index (χ1n) is 7.07. The lowest BCUT2D eigenvalue weighted by molar-refractivity contribution is 0.0701. The predicted octanol–water partition coefficient (Wildman–Crippen LogP) is 3.46. The summed E-state index contributed by atoms with van der Waals surface area (Å²) in [5, 5.41) is 12.5. The molecule has 0 spiro atoms. The van der Waals surface area contributed by atoms with E-state index in [0.29, 0.717) is 22.0 Å². The first kappa shape index (κ1) is 15.8.